The van der Waals surface area contributed by atoms with Crippen LogP contribution in [0.1, 0.15) is 27.7 Å². The predicted octanol–water partition coefficient (Wildman–Crippen LogP) is 1.09. The van der Waals surface area contributed by atoms with E-state index in [4.69, 9.17) is 14.2 Å². The molecule has 0 radical (unpaired) electrons. The first-order valence-corrected chi connectivity index (χ1v) is 4.31. The van der Waals surface area contributed by atoms with Crippen LogP contribution in [0.4, 0.5) is 0 Å². The van der Waals surface area contributed by atoms with E-state index in [0.29, 0.717) is 6.61 Å². The van der Waals surface area contributed by atoms with Gasteiger partial charge in [0.1, 0.15) is 12.2 Å². The van der Waals surface area contributed by atoms with Crippen molar-refractivity contribution in [1.82, 2.24) is 0 Å². The lowest BCUT2D eigenvalue weighted by Gasteiger charge is -2.24. The third-order valence-corrected chi connectivity index (χ3v) is 1.80. The number of rotatable bonds is 2. The van der Waals surface area contributed by atoms with Gasteiger partial charge in [-0.2, -0.15) is 0 Å². The zero-order chi connectivity index (χ0) is 10.1. The van der Waals surface area contributed by atoms with Crippen molar-refractivity contribution in [3.63, 3.8) is 0 Å². The van der Waals surface area contributed by atoms with Crippen molar-refractivity contribution < 1.29 is 19.0 Å². The quantitative estimate of drug-likeness (QED) is 0.608. The molecule has 0 saturated carbocycles. The molecule has 0 unspecified atom stereocenters. The van der Waals surface area contributed by atoms with Crippen LogP contribution in [0, 0.1) is 0 Å². The van der Waals surface area contributed by atoms with E-state index >= 15 is 0 Å². The smallest absolute Gasteiger partial charge is 0.302 e. The third kappa shape index (κ3) is 2.97. The van der Waals surface area contributed by atoms with E-state index in [-0.39, 0.29) is 12.6 Å². The van der Waals surface area contributed by atoms with Gasteiger partial charge in [-0.15, -0.1) is 0 Å². The molecule has 1 saturated heterocycles. The molecule has 1 rings (SSSR count). The lowest BCUT2D eigenvalue weighted by atomic mass is 10.1. The molecule has 4 nitrogen and oxygen atoms in total. The fraction of sp³-hybridized carbons (Fsp3) is 0.889. The Morgan fingerprint density at radius 3 is 2.46 bits per heavy atom. The Balaban J connectivity index is 2.45. The Bertz CT molecular complexity index is 212. The summed E-state index contributed by atoms with van der Waals surface area (Å²) in [4.78, 5) is 10.6. The monoisotopic (exact) mass is 188 g/mol. The van der Waals surface area contributed by atoms with Gasteiger partial charge in [0.15, 0.2) is 5.79 Å². The van der Waals surface area contributed by atoms with E-state index in [1.807, 2.05) is 20.8 Å². The van der Waals surface area contributed by atoms with Crippen LogP contribution in [0.5, 0.6) is 0 Å². The van der Waals surface area contributed by atoms with Crippen molar-refractivity contribution in [2.45, 2.75) is 39.1 Å². The molecular formula is C9H16O4. The van der Waals surface area contributed by atoms with Crippen molar-refractivity contribution in [2.75, 3.05) is 13.2 Å². The topological polar surface area (TPSA) is 44.8 Å². The SMILES string of the molecule is CC(=O)OC[C@@]1(C)COC(C)(C)O1. The number of carbonyl (C=O) groups excluding carboxylic acids is 1. The third-order valence-electron chi connectivity index (χ3n) is 1.80. The number of ether oxygens (including phenoxy) is 3. The molecule has 1 aliphatic rings. The zero-order valence-electron chi connectivity index (χ0n) is 8.55. The minimum Gasteiger partial charge on any atom is -0.463 e. The van der Waals surface area contributed by atoms with Crippen molar-refractivity contribution in [2.24, 2.45) is 0 Å². The normalized spacial score (nSPS) is 31.7. The number of carbonyl (C=O) groups is 1. The summed E-state index contributed by atoms with van der Waals surface area (Å²) < 4.78 is 15.8. The molecule has 0 N–H and O–H groups in total. The van der Waals surface area contributed by atoms with E-state index in [0.717, 1.165) is 0 Å². The highest BCUT2D eigenvalue weighted by atomic mass is 16.8. The van der Waals surface area contributed by atoms with E-state index in [1.54, 1.807) is 0 Å². The molecule has 0 amide bonds. The molecule has 1 heterocycles. The number of esters is 1. The lowest BCUT2D eigenvalue weighted by molar-refractivity contribution is -0.174. The second kappa shape index (κ2) is 3.27. The van der Waals surface area contributed by atoms with E-state index in [9.17, 15) is 4.79 Å². The first-order chi connectivity index (χ1) is 5.83. The number of hydrogen-bond donors (Lipinski definition) is 0. The van der Waals surface area contributed by atoms with Crippen LogP contribution >= 0.6 is 0 Å². The van der Waals surface area contributed by atoms with Crippen LogP contribution in [-0.2, 0) is 19.0 Å². The average Bonchev–Trinajstić information content (AvgIpc) is 2.23. The molecular weight excluding hydrogens is 172 g/mol. The summed E-state index contributed by atoms with van der Waals surface area (Å²) >= 11 is 0. The first-order valence-electron chi connectivity index (χ1n) is 4.31. The zero-order valence-corrected chi connectivity index (χ0v) is 8.55. The number of hydrogen-bond acceptors (Lipinski definition) is 4. The summed E-state index contributed by atoms with van der Waals surface area (Å²) in [5, 5.41) is 0. The molecule has 1 fully saturated rings. The Labute approximate surface area is 78.2 Å². The van der Waals surface area contributed by atoms with E-state index in [2.05, 4.69) is 0 Å². The molecule has 0 bridgehead atoms. The summed E-state index contributed by atoms with van der Waals surface area (Å²) in [6, 6.07) is 0. The highest BCUT2D eigenvalue weighted by Gasteiger charge is 2.42. The maximum absolute atomic E-state index is 10.6. The van der Waals surface area contributed by atoms with Gasteiger partial charge >= 0.3 is 5.97 Å². The van der Waals surface area contributed by atoms with Gasteiger partial charge in [0.05, 0.1) is 6.61 Å². The van der Waals surface area contributed by atoms with Crippen LogP contribution in [0.2, 0.25) is 0 Å². The van der Waals surface area contributed by atoms with Gasteiger partial charge in [-0.3, -0.25) is 4.79 Å². The molecule has 4 heteroatoms. The molecule has 0 aliphatic carbocycles. The molecule has 0 aromatic heterocycles. The standard InChI is InChI=1S/C9H16O4/c1-7(10)11-5-9(4)6-12-8(2,3)13-9/h5-6H2,1-4H3/t9-/m0/s1. The van der Waals surface area contributed by atoms with Crippen LogP contribution < -0.4 is 0 Å². The molecule has 13 heavy (non-hydrogen) atoms. The van der Waals surface area contributed by atoms with Gasteiger partial charge in [0.2, 0.25) is 0 Å². The van der Waals surface area contributed by atoms with E-state index < -0.39 is 11.4 Å². The minimum atomic E-state index is -0.575. The molecule has 0 aromatic rings. The summed E-state index contributed by atoms with van der Waals surface area (Å²) in [7, 11) is 0. The predicted molar refractivity (Wildman–Crippen MR) is 46.2 cm³/mol. The van der Waals surface area contributed by atoms with Crippen LogP contribution in [0.15, 0.2) is 0 Å². The molecule has 0 aromatic carbocycles. The summed E-state index contributed by atoms with van der Waals surface area (Å²) in [6.45, 7) is 7.62. The molecule has 76 valence electrons. The van der Waals surface area contributed by atoms with Crippen molar-refractivity contribution in [1.29, 1.82) is 0 Å². The van der Waals surface area contributed by atoms with Crippen molar-refractivity contribution in [3.8, 4) is 0 Å². The van der Waals surface area contributed by atoms with Crippen LogP contribution in [-0.4, -0.2) is 30.6 Å². The summed E-state index contributed by atoms with van der Waals surface area (Å²) in [5.41, 5.74) is -0.505. The fourth-order valence-electron chi connectivity index (χ4n) is 1.30. The largest absolute Gasteiger partial charge is 0.463 e. The molecule has 1 aliphatic heterocycles. The van der Waals surface area contributed by atoms with Gasteiger partial charge in [-0.25, -0.2) is 0 Å². The highest BCUT2D eigenvalue weighted by molar-refractivity contribution is 5.65. The molecule has 1 atom stereocenters. The highest BCUT2D eigenvalue weighted by Crippen LogP contribution is 2.30. The first kappa shape index (κ1) is 10.5. The van der Waals surface area contributed by atoms with Gasteiger partial charge in [0, 0.05) is 6.92 Å². The van der Waals surface area contributed by atoms with Gasteiger partial charge in [-0.05, 0) is 20.8 Å². The Kier molecular flexibility index (Phi) is 2.63. The Hall–Kier alpha value is -0.610. The summed E-state index contributed by atoms with van der Waals surface area (Å²) in [5.74, 6) is -0.871. The minimum absolute atomic E-state index is 0.242. The van der Waals surface area contributed by atoms with Gasteiger partial charge in [0.25, 0.3) is 0 Å². The fourth-order valence-corrected chi connectivity index (χ4v) is 1.30. The Morgan fingerprint density at radius 2 is 2.08 bits per heavy atom. The van der Waals surface area contributed by atoms with Crippen LogP contribution in [0.3, 0.4) is 0 Å². The average molecular weight is 188 g/mol. The maximum atomic E-state index is 10.6. The van der Waals surface area contributed by atoms with Crippen molar-refractivity contribution in [3.05, 3.63) is 0 Å². The Morgan fingerprint density at radius 1 is 1.46 bits per heavy atom. The lowest BCUT2D eigenvalue weighted by Crippen LogP contribution is -2.36. The maximum Gasteiger partial charge on any atom is 0.302 e. The van der Waals surface area contributed by atoms with Crippen LogP contribution in [0.25, 0.3) is 0 Å². The van der Waals surface area contributed by atoms with E-state index in [1.165, 1.54) is 6.92 Å². The van der Waals surface area contributed by atoms with Gasteiger partial charge < -0.3 is 14.2 Å². The van der Waals surface area contributed by atoms with Crippen molar-refractivity contribution >= 4 is 5.97 Å². The summed E-state index contributed by atoms with van der Waals surface area (Å²) in [6.07, 6.45) is 0. The van der Waals surface area contributed by atoms with Gasteiger partial charge in [-0.1, -0.05) is 0 Å². The molecule has 0 spiro atoms. The second-order valence-corrected chi connectivity index (χ2v) is 4.02. The second-order valence-electron chi connectivity index (χ2n) is 4.02.